The number of alkyl halides is 3. The maximum Gasteiger partial charge on any atom is 0.416 e. The van der Waals surface area contributed by atoms with Crippen molar-refractivity contribution in [1.29, 1.82) is 0 Å². The smallest absolute Gasteiger partial charge is 0.416 e. The average Bonchev–Trinajstić information content (AvgIpc) is 2.67. The van der Waals surface area contributed by atoms with Gasteiger partial charge in [0.05, 0.1) is 17.7 Å². The van der Waals surface area contributed by atoms with Gasteiger partial charge in [-0.3, -0.25) is 4.79 Å². The number of halogens is 3. The summed E-state index contributed by atoms with van der Waals surface area (Å²) in [5.41, 5.74) is 0.562. The van der Waals surface area contributed by atoms with E-state index in [1.807, 2.05) is 0 Å². The van der Waals surface area contributed by atoms with Crippen LogP contribution in [-0.4, -0.2) is 18.5 Å². The molecule has 0 aromatic heterocycles. The van der Waals surface area contributed by atoms with Crippen LogP contribution < -0.4 is 10.1 Å². The molecule has 2 aromatic rings. The van der Waals surface area contributed by atoms with Gasteiger partial charge in [0.2, 0.25) is 5.91 Å². The summed E-state index contributed by atoms with van der Waals surface area (Å²) in [6, 6.07) is 11.1. The van der Waals surface area contributed by atoms with E-state index in [2.05, 4.69) is 5.32 Å². The molecule has 0 saturated heterocycles. The highest BCUT2D eigenvalue weighted by Crippen LogP contribution is 2.36. The molecule has 1 N–H and O–H groups in total. The molecular weight excluding hydrogens is 399 g/mol. The van der Waals surface area contributed by atoms with Crippen LogP contribution in [0.5, 0.6) is 11.5 Å². The Morgan fingerprint density at radius 1 is 1.13 bits per heavy atom. The average molecular weight is 419 g/mol. The van der Waals surface area contributed by atoms with Gasteiger partial charge in [0, 0.05) is 18.0 Å². The number of nitrogens with one attached hydrogen (secondary N) is 1. The largest absolute Gasteiger partial charge is 0.463 e. The summed E-state index contributed by atoms with van der Waals surface area (Å²) in [7, 11) is 0. The lowest BCUT2D eigenvalue weighted by molar-refractivity contribution is -0.139. The lowest BCUT2D eigenvalue weighted by Gasteiger charge is -2.26. The van der Waals surface area contributed by atoms with Crippen molar-refractivity contribution < 1.29 is 32.2 Å². The first kappa shape index (κ1) is 21.4. The Morgan fingerprint density at radius 3 is 2.47 bits per heavy atom. The first-order valence-electron chi connectivity index (χ1n) is 9.32. The van der Waals surface area contributed by atoms with Gasteiger partial charge in [0.25, 0.3) is 0 Å². The van der Waals surface area contributed by atoms with E-state index in [4.69, 9.17) is 9.47 Å². The summed E-state index contributed by atoms with van der Waals surface area (Å²) in [5, 5.41) is 2.65. The van der Waals surface area contributed by atoms with E-state index in [1.165, 1.54) is 12.1 Å². The molecule has 1 heterocycles. The monoisotopic (exact) mass is 419 g/mol. The summed E-state index contributed by atoms with van der Waals surface area (Å²) in [4.78, 5) is 24.5. The Balaban J connectivity index is 1.92. The minimum absolute atomic E-state index is 0.0284. The predicted molar refractivity (Wildman–Crippen MR) is 103 cm³/mol. The van der Waals surface area contributed by atoms with Crippen LogP contribution in [0, 0.1) is 0 Å². The van der Waals surface area contributed by atoms with Gasteiger partial charge in [0.1, 0.15) is 11.5 Å². The van der Waals surface area contributed by atoms with Crippen LogP contribution in [0.2, 0.25) is 0 Å². The predicted octanol–water partition coefficient (Wildman–Crippen LogP) is 4.94. The number of allylic oxidation sites excluding steroid dienone is 1. The Labute approximate surface area is 171 Å². The number of ether oxygens (including phenoxy) is 2. The van der Waals surface area contributed by atoms with Crippen molar-refractivity contribution in [2.45, 2.75) is 32.4 Å². The van der Waals surface area contributed by atoms with E-state index in [0.29, 0.717) is 22.6 Å². The molecule has 0 radical (unpaired) electrons. The van der Waals surface area contributed by atoms with Crippen LogP contribution in [0.15, 0.2) is 59.8 Å². The van der Waals surface area contributed by atoms with Gasteiger partial charge < -0.3 is 14.8 Å². The molecule has 0 fully saturated rings. The second-order valence-corrected chi connectivity index (χ2v) is 6.76. The summed E-state index contributed by atoms with van der Waals surface area (Å²) in [5.74, 6) is -0.999. The summed E-state index contributed by atoms with van der Waals surface area (Å²) in [6.45, 7) is 3.50. The van der Waals surface area contributed by atoms with Gasteiger partial charge in [-0.25, -0.2) is 4.79 Å². The third-order valence-corrected chi connectivity index (χ3v) is 4.62. The van der Waals surface area contributed by atoms with E-state index in [9.17, 15) is 22.8 Å². The van der Waals surface area contributed by atoms with Crippen molar-refractivity contribution >= 4 is 11.9 Å². The molecule has 0 aliphatic carbocycles. The molecule has 30 heavy (non-hydrogen) atoms. The van der Waals surface area contributed by atoms with E-state index < -0.39 is 23.6 Å². The summed E-state index contributed by atoms with van der Waals surface area (Å²) in [6.07, 6.45) is -4.44. The quantitative estimate of drug-likeness (QED) is 0.698. The van der Waals surface area contributed by atoms with Crippen LogP contribution in [0.25, 0.3) is 0 Å². The Bertz CT molecular complexity index is 998. The minimum atomic E-state index is -4.48. The SMILES string of the molecule is CCOC(=O)C1=C(C)NC(=O)C[C@@H]1c1cccc(Oc2cccc(C(F)(F)F)c2)c1. The minimum Gasteiger partial charge on any atom is -0.463 e. The molecule has 1 aliphatic heterocycles. The molecule has 0 bridgehead atoms. The van der Waals surface area contributed by atoms with Gasteiger partial charge in [0.15, 0.2) is 0 Å². The Kier molecular flexibility index (Phi) is 6.14. The zero-order valence-corrected chi connectivity index (χ0v) is 16.4. The zero-order chi connectivity index (χ0) is 21.9. The number of amides is 1. The molecule has 158 valence electrons. The fraction of sp³-hybridized carbons (Fsp3) is 0.273. The van der Waals surface area contributed by atoms with Gasteiger partial charge in [-0.2, -0.15) is 13.2 Å². The Morgan fingerprint density at radius 2 is 1.80 bits per heavy atom. The van der Waals surface area contributed by atoms with Crippen molar-refractivity contribution in [3.05, 3.63) is 70.9 Å². The maximum absolute atomic E-state index is 12.9. The van der Waals surface area contributed by atoms with E-state index in [-0.39, 0.29) is 24.7 Å². The summed E-state index contributed by atoms with van der Waals surface area (Å²) < 4.78 is 49.5. The van der Waals surface area contributed by atoms with Crippen LogP contribution in [0.3, 0.4) is 0 Å². The van der Waals surface area contributed by atoms with Gasteiger partial charge in [-0.1, -0.05) is 18.2 Å². The number of hydrogen-bond acceptors (Lipinski definition) is 4. The third kappa shape index (κ3) is 4.82. The second kappa shape index (κ2) is 8.61. The van der Waals surface area contributed by atoms with Crippen molar-refractivity contribution in [3.63, 3.8) is 0 Å². The molecule has 5 nitrogen and oxygen atoms in total. The number of carbonyl (C=O) groups is 2. The Hall–Kier alpha value is -3.29. The second-order valence-electron chi connectivity index (χ2n) is 6.76. The van der Waals surface area contributed by atoms with Crippen molar-refractivity contribution in [2.24, 2.45) is 0 Å². The normalized spacial score (nSPS) is 16.8. The summed E-state index contributed by atoms with van der Waals surface area (Å²) >= 11 is 0. The standard InChI is InChI=1S/C22H20F3NO4/c1-3-29-21(28)20-13(2)26-19(27)12-18(20)14-6-4-8-16(10-14)30-17-9-5-7-15(11-17)22(23,24)25/h4-11,18H,3,12H2,1-2H3,(H,26,27)/t18-/m1/s1. The zero-order valence-electron chi connectivity index (χ0n) is 16.4. The van der Waals surface area contributed by atoms with Crippen LogP contribution >= 0.6 is 0 Å². The molecule has 0 spiro atoms. The van der Waals surface area contributed by atoms with Crippen LogP contribution in [0.1, 0.15) is 37.3 Å². The lowest BCUT2D eigenvalue weighted by atomic mass is 9.84. The number of esters is 1. The van der Waals surface area contributed by atoms with Crippen molar-refractivity contribution in [3.8, 4) is 11.5 Å². The number of carbonyl (C=O) groups excluding carboxylic acids is 2. The van der Waals surface area contributed by atoms with E-state index in [0.717, 1.165) is 12.1 Å². The number of hydrogen-bond donors (Lipinski definition) is 1. The lowest BCUT2D eigenvalue weighted by Crippen LogP contribution is -2.34. The molecule has 3 rings (SSSR count). The van der Waals surface area contributed by atoms with Crippen molar-refractivity contribution in [1.82, 2.24) is 5.32 Å². The molecule has 8 heteroatoms. The molecule has 1 amide bonds. The molecule has 1 aliphatic rings. The topological polar surface area (TPSA) is 64.6 Å². The molecule has 1 atom stereocenters. The molecular formula is C22H20F3NO4. The number of rotatable bonds is 5. The van der Waals surface area contributed by atoms with Crippen molar-refractivity contribution in [2.75, 3.05) is 6.61 Å². The van der Waals surface area contributed by atoms with Gasteiger partial charge in [-0.15, -0.1) is 0 Å². The van der Waals surface area contributed by atoms with E-state index >= 15 is 0 Å². The van der Waals surface area contributed by atoms with Gasteiger partial charge in [-0.05, 0) is 49.7 Å². The molecule has 0 unspecified atom stereocenters. The van der Waals surface area contributed by atoms with Crippen LogP contribution in [0.4, 0.5) is 13.2 Å². The number of benzene rings is 2. The molecule has 2 aromatic carbocycles. The first-order chi connectivity index (χ1) is 14.2. The van der Waals surface area contributed by atoms with Crippen LogP contribution in [-0.2, 0) is 20.5 Å². The van der Waals surface area contributed by atoms with Gasteiger partial charge >= 0.3 is 12.1 Å². The van der Waals surface area contributed by atoms with E-state index in [1.54, 1.807) is 38.1 Å². The molecule has 0 saturated carbocycles. The highest BCUT2D eigenvalue weighted by molar-refractivity contribution is 5.95. The fourth-order valence-corrected chi connectivity index (χ4v) is 3.33. The fourth-order valence-electron chi connectivity index (χ4n) is 3.33. The maximum atomic E-state index is 12.9. The third-order valence-electron chi connectivity index (χ3n) is 4.62. The highest BCUT2D eigenvalue weighted by atomic mass is 19.4. The first-order valence-corrected chi connectivity index (χ1v) is 9.32. The highest BCUT2D eigenvalue weighted by Gasteiger charge is 2.33.